The fraction of sp³-hybridized carbons (Fsp3) is 0.600. The molecule has 1 aromatic carbocycles. The van der Waals surface area contributed by atoms with E-state index >= 15 is 0 Å². The Morgan fingerprint density at radius 1 is 1.19 bits per heavy atom. The van der Waals surface area contributed by atoms with E-state index in [0.29, 0.717) is 12.3 Å². The minimum atomic E-state index is -3.58. The molecule has 0 bridgehead atoms. The van der Waals surface area contributed by atoms with Crippen molar-refractivity contribution in [2.75, 3.05) is 13.7 Å². The van der Waals surface area contributed by atoms with E-state index in [2.05, 4.69) is 10.0 Å². The van der Waals surface area contributed by atoms with Crippen LogP contribution in [0.5, 0.6) is 5.75 Å². The van der Waals surface area contributed by atoms with Gasteiger partial charge in [0.2, 0.25) is 10.0 Å². The summed E-state index contributed by atoms with van der Waals surface area (Å²) in [5, 5.41) is 3.19. The van der Waals surface area contributed by atoms with Gasteiger partial charge < -0.3 is 10.1 Å². The molecule has 1 rings (SSSR count). The molecular formula is C15H26N2O3S. The number of hydrogen-bond acceptors (Lipinski definition) is 4. The Labute approximate surface area is 128 Å². The monoisotopic (exact) mass is 314 g/mol. The lowest BCUT2D eigenvalue weighted by atomic mass is 10.2. The molecule has 0 amide bonds. The minimum Gasteiger partial charge on any atom is -0.495 e. The molecule has 0 unspecified atom stereocenters. The molecule has 2 N–H and O–H groups in total. The van der Waals surface area contributed by atoms with Crippen molar-refractivity contribution in [1.29, 1.82) is 0 Å². The van der Waals surface area contributed by atoms with E-state index in [4.69, 9.17) is 4.74 Å². The maximum absolute atomic E-state index is 12.6. The van der Waals surface area contributed by atoms with Crippen LogP contribution in [-0.2, 0) is 16.6 Å². The van der Waals surface area contributed by atoms with Crippen molar-refractivity contribution in [2.45, 2.75) is 51.1 Å². The number of nitrogens with one attached hydrogen (secondary N) is 2. The molecule has 0 spiro atoms. The van der Waals surface area contributed by atoms with E-state index in [1.54, 1.807) is 12.1 Å². The second-order valence-corrected chi connectivity index (χ2v) is 6.58. The molecule has 0 saturated carbocycles. The molecule has 0 aliphatic rings. The van der Waals surface area contributed by atoms with Gasteiger partial charge in [0.15, 0.2) is 0 Å². The molecule has 120 valence electrons. The van der Waals surface area contributed by atoms with Gasteiger partial charge in [0, 0.05) is 12.6 Å². The Bertz CT molecular complexity index is 540. The van der Waals surface area contributed by atoms with Crippen molar-refractivity contribution in [3.8, 4) is 5.75 Å². The highest BCUT2D eigenvalue weighted by atomic mass is 32.2. The van der Waals surface area contributed by atoms with E-state index in [1.165, 1.54) is 7.11 Å². The first-order chi connectivity index (χ1) is 9.98. The summed E-state index contributed by atoms with van der Waals surface area (Å²) in [5.74, 6) is 0.369. The summed E-state index contributed by atoms with van der Waals surface area (Å²) >= 11 is 0. The predicted molar refractivity (Wildman–Crippen MR) is 85.1 cm³/mol. The van der Waals surface area contributed by atoms with Gasteiger partial charge in [-0.15, -0.1) is 0 Å². The van der Waals surface area contributed by atoms with Gasteiger partial charge in [0.1, 0.15) is 10.6 Å². The first-order valence-electron chi connectivity index (χ1n) is 7.38. The Morgan fingerprint density at radius 3 is 2.38 bits per heavy atom. The van der Waals surface area contributed by atoms with Crippen LogP contribution < -0.4 is 14.8 Å². The molecule has 0 radical (unpaired) electrons. The van der Waals surface area contributed by atoms with Crippen molar-refractivity contribution in [2.24, 2.45) is 0 Å². The summed E-state index contributed by atoms with van der Waals surface area (Å²) in [6, 6.07) is 5.19. The SMILES string of the molecule is CCNCc1ccc(OC)c(S(=O)(=O)NC(CC)CC)c1. The topological polar surface area (TPSA) is 67.4 Å². The third-order valence-corrected chi connectivity index (χ3v) is 4.95. The lowest BCUT2D eigenvalue weighted by Gasteiger charge is -2.17. The standard InChI is InChI=1S/C15H26N2O3S/c1-5-13(6-2)17-21(18,19)15-10-12(11-16-7-3)8-9-14(15)20-4/h8-10,13,16-17H,5-7,11H2,1-4H3. The maximum Gasteiger partial charge on any atom is 0.244 e. The summed E-state index contributed by atoms with van der Waals surface area (Å²) in [7, 11) is -2.10. The zero-order valence-corrected chi connectivity index (χ0v) is 14.1. The lowest BCUT2D eigenvalue weighted by molar-refractivity contribution is 0.401. The predicted octanol–water partition coefficient (Wildman–Crippen LogP) is 2.27. The highest BCUT2D eigenvalue weighted by molar-refractivity contribution is 7.89. The molecule has 0 aliphatic carbocycles. The van der Waals surface area contributed by atoms with Crippen molar-refractivity contribution in [3.63, 3.8) is 0 Å². The van der Waals surface area contributed by atoms with Gasteiger partial charge in [-0.1, -0.05) is 26.8 Å². The summed E-state index contributed by atoms with van der Waals surface area (Å²) in [6.07, 6.45) is 1.52. The third-order valence-electron chi connectivity index (χ3n) is 3.40. The second-order valence-electron chi connectivity index (χ2n) is 4.90. The van der Waals surface area contributed by atoms with Crippen LogP contribution in [0.1, 0.15) is 39.2 Å². The summed E-state index contributed by atoms with van der Waals surface area (Å²) < 4.78 is 33.0. The van der Waals surface area contributed by atoms with E-state index in [1.807, 2.05) is 26.8 Å². The quantitative estimate of drug-likeness (QED) is 0.734. The van der Waals surface area contributed by atoms with Crippen LogP contribution in [0.4, 0.5) is 0 Å². The molecule has 0 atom stereocenters. The molecule has 6 heteroatoms. The van der Waals surface area contributed by atoms with Crippen LogP contribution in [0, 0.1) is 0 Å². The molecule has 0 fully saturated rings. The Hall–Kier alpha value is -1.11. The van der Waals surface area contributed by atoms with Gasteiger partial charge in [0.05, 0.1) is 7.11 Å². The van der Waals surface area contributed by atoms with Crippen LogP contribution in [-0.4, -0.2) is 28.1 Å². The van der Waals surface area contributed by atoms with Crippen molar-refractivity contribution >= 4 is 10.0 Å². The second kappa shape index (κ2) is 8.36. The number of hydrogen-bond donors (Lipinski definition) is 2. The van der Waals surface area contributed by atoms with Crippen molar-refractivity contribution < 1.29 is 13.2 Å². The van der Waals surface area contributed by atoms with Gasteiger partial charge in [0.25, 0.3) is 0 Å². The van der Waals surface area contributed by atoms with Crippen molar-refractivity contribution in [1.82, 2.24) is 10.0 Å². The fourth-order valence-electron chi connectivity index (χ4n) is 2.05. The Kier molecular flexibility index (Phi) is 7.14. The number of sulfonamides is 1. The van der Waals surface area contributed by atoms with Gasteiger partial charge in [-0.3, -0.25) is 0 Å². The van der Waals surface area contributed by atoms with Crippen LogP contribution in [0.15, 0.2) is 23.1 Å². The van der Waals surface area contributed by atoms with E-state index < -0.39 is 10.0 Å². The van der Waals surface area contributed by atoms with Gasteiger partial charge in [-0.25, -0.2) is 13.1 Å². The number of rotatable bonds is 9. The number of ether oxygens (including phenoxy) is 1. The molecule has 0 aliphatic heterocycles. The third kappa shape index (κ3) is 4.98. The molecule has 1 aromatic rings. The fourth-order valence-corrected chi connectivity index (χ4v) is 3.67. The van der Waals surface area contributed by atoms with Gasteiger partial charge in [-0.2, -0.15) is 0 Å². The van der Waals surface area contributed by atoms with Crippen LogP contribution >= 0.6 is 0 Å². The minimum absolute atomic E-state index is 0.0582. The molecule has 0 saturated heterocycles. The highest BCUT2D eigenvalue weighted by Gasteiger charge is 2.22. The van der Waals surface area contributed by atoms with E-state index in [0.717, 1.165) is 24.9 Å². The van der Waals surface area contributed by atoms with Gasteiger partial charge in [-0.05, 0) is 37.1 Å². The summed E-state index contributed by atoms with van der Waals surface area (Å²) in [5.41, 5.74) is 0.919. The molecular weight excluding hydrogens is 288 g/mol. The van der Waals surface area contributed by atoms with Gasteiger partial charge >= 0.3 is 0 Å². The molecule has 0 aromatic heterocycles. The average molecular weight is 314 g/mol. The number of methoxy groups -OCH3 is 1. The van der Waals surface area contributed by atoms with Crippen LogP contribution in [0.2, 0.25) is 0 Å². The zero-order chi connectivity index (χ0) is 15.9. The summed E-state index contributed by atoms with van der Waals surface area (Å²) in [4.78, 5) is 0.201. The lowest BCUT2D eigenvalue weighted by Crippen LogP contribution is -2.34. The Morgan fingerprint density at radius 2 is 1.86 bits per heavy atom. The number of benzene rings is 1. The van der Waals surface area contributed by atoms with Crippen LogP contribution in [0.25, 0.3) is 0 Å². The van der Waals surface area contributed by atoms with Crippen molar-refractivity contribution in [3.05, 3.63) is 23.8 Å². The molecule has 0 heterocycles. The first kappa shape index (κ1) is 17.9. The maximum atomic E-state index is 12.6. The zero-order valence-electron chi connectivity index (χ0n) is 13.3. The summed E-state index contributed by atoms with van der Waals surface area (Å²) in [6.45, 7) is 7.41. The highest BCUT2D eigenvalue weighted by Crippen LogP contribution is 2.25. The van der Waals surface area contributed by atoms with E-state index in [9.17, 15) is 8.42 Å². The molecule has 21 heavy (non-hydrogen) atoms. The smallest absolute Gasteiger partial charge is 0.244 e. The first-order valence-corrected chi connectivity index (χ1v) is 8.86. The largest absolute Gasteiger partial charge is 0.495 e. The van der Waals surface area contributed by atoms with Crippen LogP contribution in [0.3, 0.4) is 0 Å². The van der Waals surface area contributed by atoms with E-state index in [-0.39, 0.29) is 10.9 Å². The molecule has 5 nitrogen and oxygen atoms in total. The normalized spacial score (nSPS) is 11.9. The average Bonchev–Trinajstić information content (AvgIpc) is 2.50. The Balaban J connectivity index is 3.12.